The van der Waals surface area contributed by atoms with Gasteiger partial charge in [0.25, 0.3) is 0 Å². The van der Waals surface area contributed by atoms with Gasteiger partial charge in [-0.05, 0) is 57.8 Å². The maximum absolute atomic E-state index is 12.5. The number of nitrogens with one attached hydrogen (secondary N) is 1. The number of esters is 1. The molecule has 2 atom stereocenters. The molecule has 1 amide bonds. The van der Waals surface area contributed by atoms with E-state index in [9.17, 15) is 19.8 Å². The van der Waals surface area contributed by atoms with Crippen molar-refractivity contribution in [2.24, 2.45) is 0 Å². The van der Waals surface area contributed by atoms with Crippen molar-refractivity contribution in [3.8, 4) is 0 Å². The zero-order chi connectivity index (χ0) is 48.6. The molecule has 396 valence electrons. The highest BCUT2D eigenvalue weighted by Gasteiger charge is 2.20. The van der Waals surface area contributed by atoms with Crippen molar-refractivity contribution in [2.75, 3.05) is 13.2 Å². The molecule has 0 spiro atoms. The van der Waals surface area contributed by atoms with Gasteiger partial charge >= 0.3 is 5.97 Å². The Morgan fingerprint density at radius 3 is 1.16 bits per heavy atom. The van der Waals surface area contributed by atoms with Gasteiger partial charge in [0.2, 0.25) is 5.91 Å². The number of carbonyl (C=O) groups is 2. The number of rotatable bonds is 56. The van der Waals surface area contributed by atoms with Gasteiger partial charge < -0.3 is 20.3 Å². The fraction of sp³-hybridized carbons (Fsp3) is 0.902. The lowest BCUT2D eigenvalue weighted by Crippen LogP contribution is -2.45. The molecule has 0 aromatic heterocycles. The number of aliphatic hydroxyl groups is 2. The molecule has 0 aliphatic carbocycles. The van der Waals surface area contributed by atoms with Gasteiger partial charge in [-0.3, -0.25) is 9.59 Å². The number of carbonyl (C=O) groups excluding carboxylic acids is 2. The summed E-state index contributed by atoms with van der Waals surface area (Å²) in [7, 11) is 0. The number of ether oxygens (including phenoxy) is 1. The lowest BCUT2D eigenvalue weighted by Gasteiger charge is -2.22. The van der Waals surface area contributed by atoms with Crippen LogP contribution in [-0.2, 0) is 14.3 Å². The summed E-state index contributed by atoms with van der Waals surface area (Å²) in [5, 5.41) is 23.3. The summed E-state index contributed by atoms with van der Waals surface area (Å²) in [5.41, 5.74) is 0. The molecule has 0 saturated heterocycles. The van der Waals surface area contributed by atoms with Crippen LogP contribution in [0.2, 0.25) is 0 Å². The fourth-order valence-electron chi connectivity index (χ4n) is 9.38. The first-order valence-corrected chi connectivity index (χ1v) is 30.1. The predicted molar refractivity (Wildman–Crippen MR) is 292 cm³/mol. The van der Waals surface area contributed by atoms with Crippen LogP contribution in [0.25, 0.3) is 0 Å². The number of hydrogen-bond acceptors (Lipinski definition) is 5. The summed E-state index contributed by atoms with van der Waals surface area (Å²) < 4.78 is 5.48. The maximum Gasteiger partial charge on any atom is 0.305 e. The zero-order valence-corrected chi connectivity index (χ0v) is 45.1. The van der Waals surface area contributed by atoms with Crippen LogP contribution in [0.1, 0.15) is 328 Å². The third-order valence-electron chi connectivity index (χ3n) is 14.0. The molecular formula is C61H117NO5. The summed E-state index contributed by atoms with van der Waals surface area (Å²) in [4.78, 5) is 24.6. The van der Waals surface area contributed by atoms with E-state index < -0.39 is 12.1 Å². The van der Waals surface area contributed by atoms with Crippen molar-refractivity contribution in [1.29, 1.82) is 0 Å². The Balaban J connectivity index is 3.44. The number of unbranched alkanes of at least 4 members (excludes halogenated alkanes) is 41. The Labute approximate surface area is 418 Å². The maximum atomic E-state index is 12.5. The number of allylic oxidation sites excluding steroid dienone is 4. The van der Waals surface area contributed by atoms with Crippen LogP contribution in [0.3, 0.4) is 0 Å². The van der Waals surface area contributed by atoms with Crippen molar-refractivity contribution >= 4 is 11.9 Å². The summed E-state index contributed by atoms with van der Waals surface area (Å²) in [5.74, 6) is -0.0576. The lowest BCUT2D eigenvalue weighted by atomic mass is 10.0. The number of aliphatic hydroxyl groups excluding tert-OH is 2. The van der Waals surface area contributed by atoms with Crippen LogP contribution in [0.5, 0.6) is 0 Å². The highest BCUT2D eigenvalue weighted by Crippen LogP contribution is 2.18. The second-order valence-corrected chi connectivity index (χ2v) is 20.7. The largest absolute Gasteiger partial charge is 0.466 e. The molecule has 0 heterocycles. The SMILES string of the molecule is CCCCC/C=C\C/C=C\CCCCCCCCCC(=O)OCCCCCCCCCCCCCCCC(=O)NC(CO)C(O)CCCCCCCCCCCCCCCCCCCCCC. The normalized spacial score (nSPS) is 12.7. The Bertz CT molecular complexity index is 1040. The molecular weight excluding hydrogens is 827 g/mol. The molecule has 0 radical (unpaired) electrons. The van der Waals surface area contributed by atoms with Crippen molar-refractivity contribution in [1.82, 2.24) is 5.32 Å². The molecule has 3 N–H and O–H groups in total. The minimum absolute atomic E-state index is 0.0123. The Kier molecular flexibility index (Phi) is 55.5. The van der Waals surface area contributed by atoms with Gasteiger partial charge in [-0.25, -0.2) is 0 Å². The summed E-state index contributed by atoms with van der Waals surface area (Å²) in [6.07, 6.45) is 68.8. The highest BCUT2D eigenvalue weighted by atomic mass is 16.5. The van der Waals surface area contributed by atoms with E-state index in [0.717, 1.165) is 57.8 Å². The average Bonchev–Trinajstić information content (AvgIpc) is 3.33. The van der Waals surface area contributed by atoms with E-state index in [1.807, 2.05) is 0 Å². The fourth-order valence-corrected chi connectivity index (χ4v) is 9.38. The molecule has 0 aromatic carbocycles. The molecule has 0 bridgehead atoms. The van der Waals surface area contributed by atoms with Crippen LogP contribution in [-0.4, -0.2) is 47.4 Å². The first-order valence-electron chi connectivity index (χ1n) is 30.1. The molecule has 0 aromatic rings. The predicted octanol–water partition coefficient (Wildman–Crippen LogP) is 18.6. The van der Waals surface area contributed by atoms with Gasteiger partial charge in [-0.2, -0.15) is 0 Å². The lowest BCUT2D eigenvalue weighted by molar-refractivity contribution is -0.143. The minimum atomic E-state index is -0.674. The van der Waals surface area contributed by atoms with Crippen molar-refractivity contribution < 1.29 is 24.5 Å². The number of hydrogen-bond donors (Lipinski definition) is 3. The molecule has 0 saturated carbocycles. The van der Waals surface area contributed by atoms with Crippen molar-refractivity contribution in [3.63, 3.8) is 0 Å². The van der Waals surface area contributed by atoms with E-state index >= 15 is 0 Å². The van der Waals surface area contributed by atoms with Gasteiger partial charge in [0.1, 0.15) is 0 Å². The van der Waals surface area contributed by atoms with Gasteiger partial charge in [0.15, 0.2) is 0 Å². The van der Waals surface area contributed by atoms with Crippen LogP contribution in [0.15, 0.2) is 24.3 Å². The first kappa shape index (κ1) is 65.3. The van der Waals surface area contributed by atoms with E-state index in [4.69, 9.17) is 4.74 Å². The average molecular weight is 945 g/mol. The Hall–Kier alpha value is -1.66. The standard InChI is InChI=1S/C61H117NO5/c1-3-5-7-9-11-13-15-17-19-21-22-23-25-26-29-33-37-41-45-49-53-59(64)58(57-63)62-60(65)54-50-46-42-38-34-30-28-32-36-40-44-48-52-56-67-61(66)55-51-47-43-39-35-31-27-24-20-18-16-14-12-10-8-6-4-2/h12,14,18,20,58-59,63-64H,3-11,13,15-17,19,21-57H2,1-2H3,(H,62,65)/b14-12-,20-18-. The molecule has 67 heavy (non-hydrogen) atoms. The first-order chi connectivity index (χ1) is 33.0. The molecule has 6 heteroatoms. The quantitative estimate of drug-likeness (QED) is 0.0321. The zero-order valence-electron chi connectivity index (χ0n) is 45.1. The van der Waals surface area contributed by atoms with Crippen molar-refractivity contribution in [2.45, 2.75) is 341 Å². The van der Waals surface area contributed by atoms with Gasteiger partial charge in [-0.15, -0.1) is 0 Å². The van der Waals surface area contributed by atoms with E-state index in [1.54, 1.807) is 0 Å². The third-order valence-corrected chi connectivity index (χ3v) is 14.0. The van der Waals surface area contributed by atoms with Gasteiger partial charge in [-0.1, -0.05) is 282 Å². The summed E-state index contributed by atoms with van der Waals surface area (Å²) in [6, 6.07) is -0.552. The molecule has 0 fully saturated rings. The van der Waals surface area contributed by atoms with E-state index in [0.29, 0.717) is 25.9 Å². The Morgan fingerprint density at radius 1 is 0.418 bits per heavy atom. The van der Waals surface area contributed by atoms with Crippen LogP contribution >= 0.6 is 0 Å². The summed E-state index contributed by atoms with van der Waals surface area (Å²) >= 11 is 0. The highest BCUT2D eigenvalue weighted by molar-refractivity contribution is 5.76. The minimum Gasteiger partial charge on any atom is -0.466 e. The van der Waals surface area contributed by atoms with E-state index in [2.05, 4.69) is 43.5 Å². The van der Waals surface area contributed by atoms with Crippen molar-refractivity contribution in [3.05, 3.63) is 24.3 Å². The Morgan fingerprint density at radius 2 is 0.746 bits per heavy atom. The topological polar surface area (TPSA) is 95.9 Å². The second-order valence-electron chi connectivity index (χ2n) is 20.7. The van der Waals surface area contributed by atoms with Crippen LogP contribution in [0.4, 0.5) is 0 Å². The molecule has 0 rings (SSSR count). The smallest absolute Gasteiger partial charge is 0.305 e. The monoisotopic (exact) mass is 944 g/mol. The second kappa shape index (κ2) is 56.9. The third kappa shape index (κ3) is 53.5. The van der Waals surface area contributed by atoms with Crippen LogP contribution < -0.4 is 5.32 Å². The number of amides is 1. The van der Waals surface area contributed by atoms with Gasteiger partial charge in [0.05, 0.1) is 25.4 Å². The molecule has 0 aliphatic rings. The van der Waals surface area contributed by atoms with Gasteiger partial charge in [0, 0.05) is 12.8 Å². The van der Waals surface area contributed by atoms with Crippen LogP contribution in [0, 0.1) is 0 Å². The molecule has 0 aliphatic heterocycles. The molecule has 6 nitrogen and oxygen atoms in total. The van der Waals surface area contributed by atoms with E-state index in [-0.39, 0.29) is 18.5 Å². The molecule has 2 unspecified atom stereocenters. The summed E-state index contributed by atoms with van der Waals surface area (Å²) in [6.45, 7) is 4.92. The van der Waals surface area contributed by atoms with E-state index in [1.165, 1.54) is 238 Å².